The summed E-state index contributed by atoms with van der Waals surface area (Å²) >= 11 is 0. The predicted molar refractivity (Wildman–Crippen MR) is 95.8 cm³/mol. The van der Waals surface area contributed by atoms with E-state index in [0.29, 0.717) is 6.61 Å². The Bertz CT molecular complexity index is 752. The van der Waals surface area contributed by atoms with Crippen molar-refractivity contribution in [1.82, 2.24) is 4.98 Å². The molecule has 0 N–H and O–H groups in total. The van der Waals surface area contributed by atoms with Crippen LogP contribution in [0.3, 0.4) is 0 Å². The third-order valence-electron chi connectivity index (χ3n) is 3.96. The number of pyridine rings is 1. The third-order valence-corrected chi connectivity index (χ3v) is 3.96. The monoisotopic (exact) mass is 319 g/mol. The van der Waals surface area contributed by atoms with Crippen molar-refractivity contribution in [2.45, 2.75) is 12.8 Å². The molecule has 3 rings (SSSR count). The Morgan fingerprint density at radius 2 is 1.46 bits per heavy atom. The zero-order chi connectivity index (χ0) is 16.8. The lowest BCUT2D eigenvalue weighted by atomic mass is 9.88. The second-order valence-corrected chi connectivity index (χ2v) is 5.46. The molecule has 3 aromatic rings. The first-order valence-corrected chi connectivity index (χ1v) is 8.09. The molecular weight excluding hydrogens is 298 g/mol. The molecule has 0 radical (unpaired) electrons. The maximum Gasteiger partial charge on any atom is 0.119 e. The Morgan fingerprint density at radius 3 is 1.96 bits per heavy atom. The van der Waals surface area contributed by atoms with Gasteiger partial charge in [0.15, 0.2) is 0 Å². The number of benzene rings is 2. The Labute approximate surface area is 142 Å². The highest BCUT2D eigenvalue weighted by molar-refractivity contribution is 5.43. The minimum atomic E-state index is 0.0767. The summed E-state index contributed by atoms with van der Waals surface area (Å²) in [5, 5.41) is 0. The van der Waals surface area contributed by atoms with Gasteiger partial charge in [0, 0.05) is 6.20 Å². The number of aromatic nitrogens is 1. The van der Waals surface area contributed by atoms with Gasteiger partial charge in [-0.2, -0.15) is 0 Å². The Balaban J connectivity index is 2.01. The van der Waals surface area contributed by atoms with Gasteiger partial charge in [-0.15, -0.1) is 0 Å². The fourth-order valence-electron chi connectivity index (χ4n) is 2.80. The largest absolute Gasteiger partial charge is 0.497 e. The maximum atomic E-state index is 5.55. The number of hydrogen-bond donors (Lipinski definition) is 0. The van der Waals surface area contributed by atoms with Crippen LogP contribution in [-0.4, -0.2) is 18.7 Å². The topological polar surface area (TPSA) is 31.4 Å². The lowest BCUT2D eigenvalue weighted by molar-refractivity contribution is 0.340. The first-order chi connectivity index (χ1) is 11.8. The molecule has 1 atom stereocenters. The average Bonchev–Trinajstić information content (AvgIpc) is 2.65. The van der Waals surface area contributed by atoms with Crippen LogP contribution >= 0.6 is 0 Å². The van der Waals surface area contributed by atoms with Crippen molar-refractivity contribution >= 4 is 0 Å². The number of methoxy groups -OCH3 is 1. The van der Waals surface area contributed by atoms with Crippen molar-refractivity contribution in [2.24, 2.45) is 0 Å². The van der Waals surface area contributed by atoms with E-state index in [1.165, 1.54) is 11.1 Å². The van der Waals surface area contributed by atoms with Crippen molar-refractivity contribution in [3.05, 3.63) is 89.7 Å². The van der Waals surface area contributed by atoms with E-state index >= 15 is 0 Å². The molecule has 0 aliphatic carbocycles. The first kappa shape index (κ1) is 16.1. The minimum Gasteiger partial charge on any atom is -0.497 e. The van der Waals surface area contributed by atoms with Crippen LogP contribution in [0.25, 0.3) is 0 Å². The molecule has 0 saturated heterocycles. The lowest BCUT2D eigenvalue weighted by Crippen LogP contribution is -2.05. The van der Waals surface area contributed by atoms with Crippen molar-refractivity contribution in [3.63, 3.8) is 0 Å². The van der Waals surface area contributed by atoms with Crippen LogP contribution in [0.1, 0.15) is 29.7 Å². The molecule has 0 bridgehead atoms. The van der Waals surface area contributed by atoms with Gasteiger partial charge >= 0.3 is 0 Å². The molecule has 0 saturated carbocycles. The summed E-state index contributed by atoms with van der Waals surface area (Å²) in [6.07, 6.45) is 1.83. The van der Waals surface area contributed by atoms with E-state index in [9.17, 15) is 0 Å². The second-order valence-electron chi connectivity index (χ2n) is 5.46. The number of ether oxygens (including phenoxy) is 2. The standard InChI is InChI=1S/C21H21NO2/c1-3-24-19-13-9-17(10-14-19)21(20-6-4-5-15-22-20)16-7-11-18(23-2)12-8-16/h4-15,21H,3H2,1-2H3. The van der Waals surface area contributed by atoms with Crippen molar-refractivity contribution in [2.75, 3.05) is 13.7 Å². The molecular formula is C21H21NO2. The summed E-state index contributed by atoms with van der Waals surface area (Å²) in [5.74, 6) is 1.81. The molecule has 1 aromatic heterocycles. The van der Waals surface area contributed by atoms with E-state index in [4.69, 9.17) is 9.47 Å². The van der Waals surface area contributed by atoms with Crippen molar-refractivity contribution < 1.29 is 9.47 Å². The van der Waals surface area contributed by atoms with Crippen LogP contribution in [0.5, 0.6) is 11.5 Å². The van der Waals surface area contributed by atoms with Crippen LogP contribution in [0.15, 0.2) is 72.9 Å². The van der Waals surface area contributed by atoms with Crippen LogP contribution in [0, 0.1) is 0 Å². The summed E-state index contributed by atoms with van der Waals surface area (Å²) in [7, 11) is 1.68. The van der Waals surface area contributed by atoms with Crippen LogP contribution < -0.4 is 9.47 Å². The summed E-state index contributed by atoms with van der Waals surface area (Å²) < 4.78 is 10.8. The normalized spacial score (nSPS) is 11.8. The van der Waals surface area contributed by atoms with Crippen molar-refractivity contribution in [1.29, 1.82) is 0 Å². The molecule has 0 fully saturated rings. The van der Waals surface area contributed by atoms with Gasteiger partial charge in [-0.3, -0.25) is 4.98 Å². The van der Waals surface area contributed by atoms with E-state index in [2.05, 4.69) is 35.3 Å². The zero-order valence-corrected chi connectivity index (χ0v) is 14.0. The molecule has 0 aliphatic heterocycles. The number of nitrogens with zero attached hydrogens (tertiary/aromatic N) is 1. The van der Waals surface area contributed by atoms with E-state index in [1.54, 1.807) is 7.11 Å². The Hall–Kier alpha value is -2.81. The molecule has 0 spiro atoms. The first-order valence-electron chi connectivity index (χ1n) is 8.09. The third kappa shape index (κ3) is 3.57. The molecule has 122 valence electrons. The summed E-state index contributed by atoms with van der Waals surface area (Å²) in [6, 6.07) is 22.4. The summed E-state index contributed by atoms with van der Waals surface area (Å²) in [5.41, 5.74) is 3.38. The minimum absolute atomic E-state index is 0.0767. The predicted octanol–water partition coefficient (Wildman–Crippen LogP) is 4.67. The number of hydrogen-bond acceptors (Lipinski definition) is 3. The van der Waals surface area contributed by atoms with Gasteiger partial charge in [-0.1, -0.05) is 30.3 Å². The van der Waals surface area contributed by atoms with Crippen LogP contribution in [0.4, 0.5) is 0 Å². The Morgan fingerprint density at radius 1 is 0.833 bits per heavy atom. The molecule has 0 amide bonds. The van der Waals surface area contributed by atoms with Gasteiger partial charge in [-0.05, 0) is 54.4 Å². The highest BCUT2D eigenvalue weighted by atomic mass is 16.5. The summed E-state index contributed by atoms with van der Waals surface area (Å²) in [4.78, 5) is 4.57. The number of rotatable bonds is 6. The molecule has 3 heteroatoms. The van der Waals surface area contributed by atoms with Crippen LogP contribution in [0.2, 0.25) is 0 Å². The quantitative estimate of drug-likeness (QED) is 0.661. The van der Waals surface area contributed by atoms with Gasteiger partial charge < -0.3 is 9.47 Å². The highest BCUT2D eigenvalue weighted by Crippen LogP contribution is 2.32. The summed E-state index contributed by atoms with van der Waals surface area (Å²) in [6.45, 7) is 2.66. The van der Waals surface area contributed by atoms with Gasteiger partial charge in [-0.25, -0.2) is 0 Å². The lowest BCUT2D eigenvalue weighted by Gasteiger charge is -2.18. The fourth-order valence-corrected chi connectivity index (χ4v) is 2.80. The maximum absolute atomic E-state index is 5.55. The molecule has 0 aliphatic rings. The SMILES string of the molecule is CCOc1ccc(C(c2ccc(OC)cc2)c2ccccn2)cc1. The highest BCUT2D eigenvalue weighted by Gasteiger charge is 2.18. The van der Waals surface area contributed by atoms with E-state index < -0.39 is 0 Å². The smallest absolute Gasteiger partial charge is 0.119 e. The molecule has 1 unspecified atom stereocenters. The average molecular weight is 319 g/mol. The zero-order valence-electron chi connectivity index (χ0n) is 14.0. The molecule has 2 aromatic carbocycles. The van der Waals surface area contributed by atoms with Crippen molar-refractivity contribution in [3.8, 4) is 11.5 Å². The van der Waals surface area contributed by atoms with Gasteiger partial charge in [0.1, 0.15) is 11.5 Å². The molecule has 24 heavy (non-hydrogen) atoms. The van der Waals surface area contributed by atoms with E-state index in [1.807, 2.05) is 49.5 Å². The van der Waals surface area contributed by atoms with Gasteiger partial charge in [0.05, 0.1) is 25.3 Å². The van der Waals surface area contributed by atoms with Gasteiger partial charge in [0.2, 0.25) is 0 Å². The van der Waals surface area contributed by atoms with Gasteiger partial charge in [0.25, 0.3) is 0 Å². The second kappa shape index (κ2) is 7.64. The molecule has 1 heterocycles. The molecule has 3 nitrogen and oxygen atoms in total. The van der Waals surface area contributed by atoms with Crippen LogP contribution in [-0.2, 0) is 0 Å². The Kier molecular flexibility index (Phi) is 5.12. The fraction of sp³-hybridized carbons (Fsp3) is 0.190. The van der Waals surface area contributed by atoms with E-state index in [0.717, 1.165) is 17.2 Å². The van der Waals surface area contributed by atoms with E-state index in [-0.39, 0.29) is 5.92 Å².